The fourth-order valence-corrected chi connectivity index (χ4v) is 1.29. The number of nitro groups is 1. The molecule has 13 heavy (non-hydrogen) atoms. The molecule has 0 unspecified atom stereocenters. The topological polar surface area (TPSA) is 68.4 Å². The van der Waals surface area contributed by atoms with Gasteiger partial charge in [0.05, 0.1) is 9.40 Å². The maximum absolute atomic E-state index is 10.5. The smallest absolute Gasteiger partial charge is 0.258 e. The maximum Gasteiger partial charge on any atom is 0.314 e. The van der Waals surface area contributed by atoms with E-state index in [1.807, 2.05) is 0 Å². The van der Waals surface area contributed by atoms with Crippen molar-refractivity contribution in [1.82, 2.24) is 4.98 Å². The Kier molecular flexibility index (Phi) is 3.10. The Morgan fingerprint density at radius 1 is 1.62 bits per heavy atom. The van der Waals surface area contributed by atoms with Crippen molar-refractivity contribution in [3.05, 3.63) is 25.3 Å². The number of hydrogen-bond donors (Lipinski definition) is 0. The number of aliphatic imine (C=N–C) groups is 1. The quantitative estimate of drug-likeness (QED) is 0.365. The largest absolute Gasteiger partial charge is 0.314 e. The summed E-state index contributed by atoms with van der Waals surface area (Å²) in [5.41, 5.74) is -0.176. The van der Waals surface area contributed by atoms with Crippen molar-refractivity contribution >= 4 is 50.1 Å². The lowest BCUT2D eigenvalue weighted by Gasteiger charge is -1.98. The molecule has 1 aromatic heterocycles. The van der Waals surface area contributed by atoms with Crippen LogP contribution in [-0.4, -0.2) is 16.6 Å². The molecule has 1 heterocycles. The van der Waals surface area contributed by atoms with E-state index < -0.39 is 4.92 Å². The van der Waals surface area contributed by atoms with Gasteiger partial charge in [-0.25, -0.2) is 9.98 Å². The lowest BCUT2D eigenvalue weighted by atomic mass is 10.4. The van der Waals surface area contributed by atoms with Crippen LogP contribution in [0.3, 0.4) is 0 Å². The minimum Gasteiger partial charge on any atom is -0.258 e. The summed E-state index contributed by atoms with van der Waals surface area (Å²) >= 11 is 6.20. The monoisotopic (exact) mass is 307 g/mol. The molecule has 0 saturated carbocycles. The molecule has 68 valence electrons. The van der Waals surface area contributed by atoms with Gasteiger partial charge in [-0.3, -0.25) is 10.1 Å². The van der Waals surface area contributed by atoms with Crippen LogP contribution >= 0.6 is 31.9 Å². The van der Waals surface area contributed by atoms with Gasteiger partial charge in [-0.15, -0.1) is 0 Å². The van der Waals surface area contributed by atoms with Crippen LogP contribution in [0.1, 0.15) is 0 Å². The van der Waals surface area contributed by atoms with E-state index in [9.17, 15) is 10.1 Å². The number of aromatic nitrogens is 1. The average molecular weight is 309 g/mol. The molecule has 0 aromatic carbocycles. The van der Waals surface area contributed by atoms with Crippen molar-refractivity contribution in [3.63, 3.8) is 0 Å². The predicted molar refractivity (Wildman–Crippen MR) is 55.5 cm³/mol. The first kappa shape index (κ1) is 10.3. The van der Waals surface area contributed by atoms with Crippen LogP contribution in [0.5, 0.6) is 0 Å². The van der Waals surface area contributed by atoms with E-state index in [0.717, 1.165) is 0 Å². The molecular weight excluding hydrogens is 306 g/mol. The molecule has 1 aromatic rings. The van der Waals surface area contributed by atoms with Crippen molar-refractivity contribution in [2.75, 3.05) is 0 Å². The van der Waals surface area contributed by atoms with Gasteiger partial charge < -0.3 is 0 Å². The van der Waals surface area contributed by atoms with Crippen molar-refractivity contribution in [2.45, 2.75) is 0 Å². The Balaban J connectivity index is 3.41. The van der Waals surface area contributed by atoms with Gasteiger partial charge in [-0.1, -0.05) is 0 Å². The first-order valence-electron chi connectivity index (χ1n) is 3.03. The van der Waals surface area contributed by atoms with Crippen molar-refractivity contribution < 1.29 is 4.92 Å². The Morgan fingerprint density at radius 2 is 2.23 bits per heavy atom. The van der Waals surface area contributed by atoms with Gasteiger partial charge >= 0.3 is 5.69 Å². The van der Waals surface area contributed by atoms with Crippen molar-refractivity contribution in [2.24, 2.45) is 4.99 Å². The molecule has 5 nitrogen and oxygen atoms in total. The molecule has 0 amide bonds. The number of pyridine rings is 1. The highest BCUT2D eigenvalue weighted by Gasteiger charge is 2.16. The summed E-state index contributed by atoms with van der Waals surface area (Å²) in [5, 5.41) is 10.5. The predicted octanol–water partition coefficient (Wildman–Crippen LogP) is 2.85. The summed E-state index contributed by atoms with van der Waals surface area (Å²) in [6, 6.07) is 1.32. The number of halogens is 2. The van der Waals surface area contributed by atoms with E-state index in [-0.39, 0.29) is 11.5 Å². The zero-order chi connectivity index (χ0) is 10.0. The van der Waals surface area contributed by atoms with E-state index in [0.29, 0.717) is 9.08 Å². The van der Waals surface area contributed by atoms with Crippen molar-refractivity contribution in [3.8, 4) is 0 Å². The molecule has 0 aliphatic rings. The molecule has 0 atom stereocenters. The third-order valence-electron chi connectivity index (χ3n) is 1.24. The molecule has 7 heteroatoms. The molecule has 0 saturated heterocycles. The summed E-state index contributed by atoms with van der Waals surface area (Å²) in [4.78, 5) is 17.2. The summed E-state index contributed by atoms with van der Waals surface area (Å²) in [6.07, 6.45) is 0. The highest BCUT2D eigenvalue weighted by molar-refractivity contribution is 9.13. The Bertz CT molecular complexity index is 380. The summed E-state index contributed by atoms with van der Waals surface area (Å²) in [7, 11) is 0. The minimum absolute atomic E-state index is 0.0000694. The van der Waals surface area contributed by atoms with Gasteiger partial charge in [-0.05, 0) is 38.6 Å². The zero-order valence-electron chi connectivity index (χ0n) is 6.20. The third kappa shape index (κ3) is 2.10. The van der Waals surface area contributed by atoms with E-state index in [4.69, 9.17) is 0 Å². The number of rotatable bonds is 2. The Labute approximate surface area is 90.3 Å². The molecule has 0 radical (unpaired) electrons. The van der Waals surface area contributed by atoms with Gasteiger partial charge in [0, 0.05) is 6.07 Å². The lowest BCUT2D eigenvalue weighted by Crippen LogP contribution is -1.91. The van der Waals surface area contributed by atoms with E-state index in [1.54, 1.807) is 0 Å². The molecule has 1 rings (SSSR count). The van der Waals surface area contributed by atoms with E-state index in [2.05, 4.69) is 48.6 Å². The molecule has 0 aliphatic carbocycles. The van der Waals surface area contributed by atoms with Crippen LogP contribution in [0.4, 0.5) is 11.5 Å². The number of nitrogens with zero attached hydrogens (tertiary/aromatic N) is 3. The van der Waals surface area contributed by atoms with Crippen LogP contribution in [0, 0.1) is 10.1 Å². The second-order valence-electron chi connectivity index (χ2n) is 2.02. The minimum atomic E-state index is -0.561. The molecule has 0 aliphatic heterocycles. The zero-order valence-corrected chi connectivity index (χ0v) is 9.37. The van der Waals surface area contributed by atoms with Gasteiger partial charge in [0.2, 0.25) is 5.82 Å². The first-order chi connectivity index (χ1) is 6.06. The Hall–Kier alpha value is -0.820. The fraction of sp³-hybridized carbons (Fsp3) is 0. The standard InChI is InChI=1S/C6H3Br2N3O2/c1-9-6-4(11(12)13)2-3(7)5(8)10-6/h2H,1H2. The maximum atomic E-state index is 10.5. The summed E-state index contributed by atoms with van der Waals surface area (Å²) < 4.78 is 0.965. The van der Waals surface area contributed by atoms with Gasteiger partial charge in [0.25, 0.3) is 0 Å². The third-order valence-corrected chi connectivity index (χ3v) is 2.98. The average Bonchev–Trinajstić information content (AvgIpc) is 2.08. The van der Waals surface area contributed by atoms with Gasteiger partial charge in [0.15, 0.2) is 0 Å². The normalized spacial score (nSPS) is 9.69. The molecule has 0 fully saturated rings. The molecular formula is C6H3Br2N3O2. The van der Waals surface area contributed by atoms with Crippen LogP contribution in [-0.2, 0) is 0 Å². The van der Waals surface area contributed by atoms with Crippen LogP contribution < -0.4 is 0 Å². The van der Waals surface area contributed by atoms with Crippen molar-refractivity contribution in [1.29, 1.82) is 0 Å². The van der Waals surface area contributed by atoms with Crippen LogP contribution in [0.25, 0.3) is 0 Å². The second kappa shape index (κ2) is 3.93. The van der Waals surface area contributed by atoms with Gasteiger partial charge in [0.1, 0.15) is 4.60 Å². The van der Waals surface area contributed by atoms with E-state index >= 15 is 0 Å². The van der Waals surface area contributed by atoms with Gasteiger partial charge in [-0.2, -0.15) is 0 Å². The second-order valence-corrected chi connectivity index (χ2v) is 3.62. The highest BCUT2D eigenvalue weighted by Crippen LogP contribution is 2.32. The highest BCUT2D eigenvalue weighted by atomic mass is 79.9. The summed E-state index contributed by atoms with van der Waals surface area (Å²) in [6.45, 7) is 3.19. The van der Waals surface area contributed by atoms with E-state index in [1.165, 1.54) is 6.07 Å². The molecule has 0 spiro atoms. The fourth-order valence-electron chi connectivity index (χ4n) is 0.699. The number of hydrogen-bond acceptors (Lipinski definition) is 4. The molecule has 0 bridgehead atoms. The summed E-state index contributed by atoms with van der Waals surface area (Å²) in [5.74, 6) is 0.0000694. The SMILES string of the molecule is C=Nc1nc(Br)c(Br)cc1[N+](=O)[O-]. The van der Waals surface area contributed by atoms with Crippen LogP contribution in [0.2, 0.25) is 0 Å². The lowest BCUT2D eigenvalue weighted by molar-refractivity contribution is -0.384. The van der Waals surface area contributed by atoms with Crippen LogP contribution in [0.15, 0.2) is 20.1 Å². The Morgan fingerprint density at radius 3 is 2.69 bits per heavy atom. The first-order valence-corrected chi connectivity index (χ1v) is 4.62. The molecule has 0 N–H and O–H groups in total.